The lowest BCUT2D eigenvalue weighted by molar-refractivity contribution is -0.140. The van der Waals surface area contributed by atoms with Crippen molar-refractivity contribution in [2.75, 3.05) is 43.1 Å². The van der Waals surface area contributed by atoms with Crippen molar-refractivity contribution in [3.05, 3.63) is 23.2 Å². The van der Waals surface area contributed by atoms with Crippen LogP contribution in [0.1, 0.15) is 32.1 Å². The number of hydrogen-bond donors (Lipinski definition) is 1. The Hall–Kier alpha value is -2.12. The zero-order valence-electron chi connectivity index (χ0n) is 16.4. The van der Waals surface area contributed by atoms with Crippen molar-refractivity contribution >= 4 is 40.7 Å². The first-order valence-corrected chi connectivity index (χ1v) is 10.7. The van der Waals surface area contributed by atoms with Gasteiger partial charge in [-0.05, 0) is 31.0 Å². The first kappa shape index (κ1) is 20.2. The van der Waals surface area contributed by atoms with Crippen LogP contribution in [-0.4, -0.2) is 55.5 Å². The number of nitrogens with one attached hydrogen (secondary N) is 1. The maximum atomic E-state index is 12.6. The maximum absolute atomic E-state index is 12.6. The summed E-state index contributed by atoms with van der Waals surface area (Å²) in [6.07, 6.45) is 3.62. The Morgan fingerprint density at radius 2 is 1.76 bits per heavy atom. The van der Waals surface area contributed by atoms with Gasteiger partial charge in [0.2, 0.25) is 17.7 Å². The fraction of sp³-hybridized carbons (Fsp3) is 0.571. The number of halogens is 1. The van der Waals surface area contributed by atoms with E-state index in [4.69, 9.17) is 16.3 Å². The van der Waals surface area contributed by atoms with E-state index in [1.807, 2.05) is 6.07 Å². The summed E-state index contributed by atoms with van der Waals surface area (Å²) in [5.41, 5.74) is 1.53. The third-order valence-corrected chi connectivity index (χ3v) is 6.31. The lowest BCUT2D eigenvalue weighted by Crippen LogP contribution is -2.37. The lowest BCUT2D eigenvalue weighted by Gasteiger charge is -2.30. The van der Waals surface area contributed by atoms with Crippen LogP contribution < -0.4 is 10.2 Å². The number of likely N-dealkylation sites (tertiary alicyclic amines) is 1. The van der Waals surface area contributed by atoms with E-state index in [1.165, 1.54) is 4.90 Å². The minimum Gasteiger partial charge on any atom is -0.378 e. The van der Waals surface area contributed by atoms with Gasteiger partial charge in [0.25, 0.3) is 0 Å². The number of morpholine rings is 1. The first-order valence-electron chi connectivity index (χ1n) is 10.3. The largest absolute Gasteiger partial charge is 0.378 e. The third kappa shape index (κ3) is 4.26. The van der Waals surface area contributed by atoms with Crippen LogP contribution in [0.2, 0.25) is 5.02 Å². The van der Waals surface area contributed by atoms with Crippen LogP contribution in [0.5, 0.6) is 0 Å². The summed E-state index contributed by atoms with van der Waals surface area (Å²) in [6, 6.07) is 5.41. The van der Waals surface area contributed by atoms with Crippen LogP contribution in [0.3, 0.4) is 0 Å². The van der Waals surface area contributed by atoms with Gasteiger partial charge in [0.05, 0.1) is 36.4 Å². The highest BCUT2D eigenvalue weighted by molar-refractivity contribution is 6.31. The Bertz CT molecular complexity index is 785. The Morgan fingerprint density at radius 3 is 2.41 bits per heavy atom. The quantitative estimate of drug-likeness (QED) is 0.742. The number of carbonyl (C=O) groups excluding carboxylic acids is 3. The van der Waals surface area contributed by atoms with Gasteiger partial charge in [-0.15, -0.1) is 0 Å². The second kappa shape index (κ2) is 8.71. The van der Waals surface area contributed by atoms with Gasteiger partial charge in [0, 0.05) is 31.1 Å². The van der Waals surface area contributed by atoms with Crippen LogP contribution in [-0.2, 0) is 19.1 Å². The predicted octanol–water partition coefficient (Wildman–Crippen LogP) is 2.68. The Kier molecular flexibility index (Phi) is 6.06. The summed E-state index contributed by atoms with van der Waals surface area (Å²) < 4.78 is 5.40. The molecule has 0 aromatic heterocycles. The number of nitrogens with zero attached hydrogens (tertiary/aromatic N) is 2. The number of ether oxygens (including phenoxy) is 1. The second-order valence-corrected chi connectivity index (χ2v) is 8.32. The molecule has 1 aliphatic carbocycles. The highest BCUT2D eigenvalue weighted by Gasteiger charge is 2.47. The van der Waals surface area contributed by atoms with Gasteiger partial charge in [-0.2, -0.15) is 0 Å². The number of carbonyl (C=O) groups is 3. The molecule has 2 saturated heterocycles. The van der Waals surface area contributed by atoms with Crippen molar-refractivity contribution in [1.29, 1.82) is 0 Å². The number of benzene rings is 1. The fourth-order valence-corrected chi connectivity index (χ4v) is 4.74. The van der Waals surface area contributed by atoms with E-state index < -0.39 is 0 Å². The average molecular weight is 420 g/mol. The standard InChI is InChI=1S/C21H26ClN3O4/c22-14-5-6-18(24-9-11-29-12-10-24)17(13-14)23-19(26)7-8-25-20(27)15-3-1-2-4-16(15)21(25)28/h5-6,13,15-16H,1-4,7-12H2,(H,23,26)/t15-,16-/m0/s1. The van der Waals surface area contributed by atoms with Gasteiger partial charge in [-0.25, -0.2) is 0 Å². The molecule has 3 amide bonds. The summed E-state index contributed by atoms with van der Waals surface area (Å²) in [6.45, 7) is 2.88. The normalized spacial score (nSPS) is 24.6. The topological polar surface area (TPSA) is 79.0 Å². The smallest absolute Gasteiger partial charge is 0.233 e. The van der Waals surface area contributed by atoms with Crippen molar-refractivity contribution in [2.24, 2.45) is 11.8 Å². The maximum Gasteiger partial charge on any atom is 0.233 e. The molecule has 0 bridgehead atoms. The number of fused-ring (bicyclic) bond motifs is 1. The van der Waals surface area contributed by atoms with E-state index in [1.54, 1.807) is 12.1 Å². The molecule has 4 rings (SSSR count). The summed E-state index contributed by atoms with van der Waals surface area (Å²) in [7, 11) is 0. The summed E-state index contributed by atoms with van der Waals surface area (Å²) in [5, 5.41) is 3.44. The van der Waals surface area contributed by atoms with Crippen molar-refractivity contribution in [1.82, 2.24) is 4.90 Å². The molecule has 0 spiro atoms. The van der Waals surface area contributed by atoms with Gasteiger partial charge >= 0.3 is 0 Å². The van der Waals surface area contributed by atoms with Crippen LogP contribution in [0, 0.1) is 11.8 Å². The Labute approximate surface area is 175 Å². The molecule has 29 heavy (non-hydrogen) atoms. The van der Waals surface area contributed by atoms with E-state index in [0.717, 1.165) is 44.5 Å². The fourth-order valence-electron chi connectivity index (χ4n) is 4.57. The SMILES string of the molecule is O=C(CCN1C(=O)[C@H]2CCCC[C@@H]2C1=O)Nc1cc(Cl)ccc1N1CCOCC1. The number of amides is 3. The molecular formula is C21H26ClN3O4. The third-order valence-electron chi connectivity index (χ3n) is 6.08. The predicted molar refractivity (Wildman–Crippen MR) is 110 cm³/mol. The van der Waals surface area contributed by atoms with Crippen molar-refractivity contribution in [3.8, 4) is 0 Å². The minimum absolute atomic E-state index is 0.0754. The van der Waals surface area contributed by atoms with Crippen LogP contribution >= 0.6 is 11.6 Å². The van der Waals surface area contributed by atoms with Gasteiger partial charge in [0.1, 0.15) is 0 Å². The van der Waals surface area contributed by atoms with E-state index >= 15 is 0 Å². The van der Waals surface area contributed by atoms with E-state index in [2.05, 4.69) is 10.2 Å². The van der Waals surface area contributed by atoms with Crippen molar-refractivity contribution in [2.45, 2.75) is 32.1 Å². The molecule has 8 heteroatoms. The van der Waals surface area contributed by atoms with Crippen LogP contribution in [0.25, 0.3) is 0 Å². The van der Waals surface area contributed by atoms with Crippen LogP contribution in [0.4, 0.5) is 11.4 Å². The zero-order valence-corrected chi connectivity index (χ0v) is 17.1. The van der Waals surface area contributed by atoms with Crippen molar-refractivity contribution in [3.63, 3.8) is 0 Å². The summed E-state index contributed by atoms with van der Waals surface area (Å²) in [5.74, 6) is -0.814. The van der Waals surface area contributed by atoms with E-state index in [9.17, 15) is 14.4 Å². The van der Waals surface area contributed by atoms with Gasteiger partial charge in [-0.3, -0.25) is 19.3 Å². The number of hydrogen-bond acceptors (Lipinski definition) is 5. The molecule has 2 atom stereocenters. The lowest BCUT2D eigenvalue weighted by atomic mass is 9.81. The zero-order chi connectivity index (χ0) is 20.4. The molecule has 2 heterocycles. The van der Waals surface area contributed by atoms with Crippen LogP contribution in [0.15, 0.2) is 18.2 Å². The highest BCUT2D eigenvalue weighted by Crippen LogP contribution is 2.38. The summed E-state index contributed by atoms with van der Waals surface area (Å²) >= 11 is 6.14. The molecule has 2 aliphatic heterocycles. The molecule has 1 saturated carbocycles. The van der Waals surface area contributed by atoms with Crippen molar-refractivity contribution < 1.29 is 19.1 Å². The Morgan fingerprint density at radius 1 is 1.10 bits per heavy atom. The Balaban J connectivity index is 1.39. The first-order chi connectivity index (χ1) is 14.0. The number of anilines is 2. The second-order valence-electron chi connectivity index (χ2n) is 7.88. The molecule has 0 radical (unpaired) electrons. The summed E-state index contributed by atoms with van der Waals surface area (Å²) in [4.78, 5) is 41.2. The highest BCUT2D eigenvalue weighted by atomic mass is 35.5. The number of rotatable bonds is 5. The molecule has 1 N–H and O–H groups in total. The molecule has 1 aromatic carbocycles. The molecule has 1 aromatic rings. The molecule has 3 fully saturated rings. The van der Waals surface area contributed by atoms with Gasteiger partial charge in [0.15, 0.2) is 0 Å². The minimum atomic E-state index is -0.239. The molecule has 7 nitrogen and oxygen atoms in total. The molecule has 156 valence electrons. The molecule has 0 unspecified atom stereocenters. The van der Waals surface area contributed by atoms with E-state index in [0.29, 0.717) is 23.9 Å². The molecule has 3 aliphatic rings. The number of imide groups is 1. The van der Waals surface area contributed by atoms with Gasteiger partial charge < -0.3 is 15.0 Å². The van der Waals surface area contributed by atoms with E-state index in [-0.39, 0.29) is 42.5 Å². The average Bonchev–Trinajstić information content (AvgIpc) is 2.98. The van der Waals surface area contributed by atoms with Gasteiger partial charge in [-0.1, -0.05) is 24.4 Å². The monoisotopic (exact) mass is 419 g/mol. The molecular weight excluding hydrogens is 394 g/mol.